The molecule has 0 unspecified atom stereocenters. The Labute approximate surface area is 156 Å². The van der Waals surface area contributed by atoms with Gasteiger partial charge in [-0.25, -0.2) is 9.78 Å². The number of oxazole rings is 1. The minimum atomic E-state index is -1.07. The first-order valence-corrected chi connectivity index (χ1v) is 9.15. The van der Waals surface area contributed by atoms with Crippen molar-refractivity contribution in [3.63, 3.8) is 0 Å². The van der Waals surface area contributed by atoms with Crippen LogP contribution in [0.5, 0.6) is 0 Å². The van der Waals surface area contributed by atoms with E-state index < -0.39 is 11.6 Å². The molecule has 2 aromatic carbocycles. The number of nitrogens with one attached hydrogen (secondary N) is 1. The highest BCUT2D eigenvalue weighted by Crippen LogP contribution is 2.33. The zero-order valence-corrected chi connectivity index (χ0v) is 15.0. The highest BCUT2D eigenvalue weighted by molar-refractivity contribution is 6.07. The van der Waals surface area contributed by atoms with Crippen LogP contribution in [-0.2, 0) is 29.7 Å². The Morgan fingerprint density at radius 3 is 2.81 bits per heavy atom. The predicted molar refractivity (Wildman–Crippen MR) is 98.9 cm³/mol. The number of amides is 3. The second kappa shape index (κ2) is 5.67. The van der Waals surface area contributed by atoms with Gasteiger partial charge in [0.1, 0.15) is 17.6 Å². The van der Waals surface area contributed by atoms with Crippen molar-refractivity contribution in [3.8, 4) is 0 Å². The van der Waals surface area contributed by atoms with E-state index in [2.05, 4.69) is 22.4 Å². The van der Waals surface area contributed by atoms with Crippen molar-refractivity contribution in [1.82, 2.24) is 15.2 Å². The Morgan fingerprint density at radius 2 is 1.96 bits per heavy atom. The number of fused-ring (bicyclic) bond motifs is 2. The van der Waals surface area contributed by atoms with Crippen molar-refractivity contribution < 1.29 is 14.0 Å². The first kappa shape index (κ1) is 16.1. The molecule has 27 heavy (non-hydrogen) atoms. The number of hydrogen-bond donors (Lipinski definition) is 1. The molecule has 1 aromatic heterocycles. The van der Waals surface area contributed by atoms with Gasteiger partial charge in [0.25, 0.3) is 5.91 Å². The summed E-state index contributed by atoms with van der Waals surface area (Å²) in [6.07, 6.45) is 3.24. The summed E-state index contributed by atoms with van der Waals surface area (Å²) in [4.78, 5) is 31.2. The molecule has 5 rings (SSSR count). The van der Waals surface area contributed by atoms with Crippen molar-refractivity contribution in [2.75, 3.05) is 0 Å². The first-order valence-electron chi connectivity index (χ1n) is 9.15. The molecule has 136 valence electrons. The standard InChI is InChI=1S/C21H19N3O3/c1-21(15-10-9-13-5-4-6-14(13)11-15)19(25)24(20(26)23-21)12-18-22-16-7-2-3-8-17(16)27-18/h2-3,7-11H,4-6,12H2,1H3,(H,23,26)/t21-/m0/s1. The molecule has 1 fully saturated rings. The second-order valence-electron chi connectivity index (χ2n) is 7.36. The Hall–Kier alpha value is -3.15. The molecule has 0 bridgehead atoms. The van der Waals surface area contributed by atoms with Crippen LogP contribution in [0.25, 0.3) is 11.1 Å². The SMILES string of the molecule is C[C@@]1(c2ccc3c(c2)CCC3)NC(=O)N(Cc2nc3ccccc3o2)C1=O. The third-order valence-corrected chi connectivity index (χ3v) is 5.58. The lowest BCUT2D eigenvalue weighted by atomic mass is 9.90. The molecular weight excluding hydrogens is 342 g/mol. The van der Waals surface area contributed by atoms with Crippen LogP contribution >= 0.6 is 0 Å². The number of aryl methyl sites for hydroxylation is 2. The molecule has 1 aliphatic carbocycles. The largest absolute Gasteiger partial charge is 0.439 e. The minimum Gasteiger partial charge on any atom is -0.439 e. The lowest BCUT2D eigenvalue weighted by Crippen LogP contribution is -2.41. The molecule has 6 nitrogen and oxygen atoms in total. The van der Waals surface area contributed by atoms with Crippen LogP contribution in [0.2, 0.25) is 0 Å². The van der Waals surface area contributed by atoms with E-state index in [9.17, 15) is 9.59 Å². The number of imide groups is 1. The van der Waals surface area contributed by atoms with Gasteiger partial charge in [-0.15, -0.1) is 0 Å². The quantitative estimate of drug-likeness (QED) is 0.727. The van der Waals surface area contributed by atoms with Crippen LogP contribution in [0.3, 0.4) is 0 Å². The van der Waals surface area contributed by atoms with E-state index in [4.69, 9.17) is 4.42 Å². The van der Waals surface area contributed by atoms with Gasteiger partial charge in [0, 0.05) is 0 Å². The molecule has 1 saturated heterocycles. The molecule has 2 aliphatic rings. The molecular formula is C21H19N3O3. The van der Waals surface area contributed by atoms with E-state index in [1.165, 1.54) is 16.0 Å². The smallest absolute Gasteiger partial charge is 0.325 e. The molecule has 1 atom stereocenters. The Bertz CT molecular complexity index is 1050. The summed E-state index contributed by atoms with van der Waals surface area (Å²) in [5, 5.41) is 2.86. The van der Waals surface area contributed by atoms with Gasteiger partial charge in [-0.2, -0.15) is 0 Å². The summed E-state index contributed by atoms with van der Waals surface area (Å²) < 4.78 is 5.68. The fourth-order valence-corrected chi connectivity index (χ4v) is 4.04. The van der Waals surface area contributed by atoms with Crippen LogP contribution < -0.4 is 5.32 Å². The lowest BCUT2D eigenvalue weighted by Gasteiger charge is -2.23. The zero-order chi connectivity index (χ0) is 18.6. The second-order valence-corrected chi connectivity index (χ2v) is 7.36. The van der Waals surface area contributed by atoms with Crippen LogP contribution in [0, 0.1) is 0 Å². The van der Waals surface area contributed by atoms with Crippen LogP contribution in [0.15, 0.2) is 46.9 Å². The zero-order valence-electron chi connectivity index (χ0n) is 15.0. The Kier molecular flexibility index (Phi) is 3.37. The maximum atomic E-state index is 13.1. The third-order valence-electron chi connectivity index (χ3n) is 5.58. The van der Waals surface area contributed by atoms with Crippen molar-refractivity contribution in [2.24, 2.45) is 0 Å². The van der Waals surface area contributed by atoms with Crippen LogP contribution in [0.4, 0.5) is 4.79 Å². The highest BCUT2D eigenvalue weighted by Gasteiger charge is 2.49. The topological polar surface area (TPSA) is 75.4 Å². The van der Waals surface area contributed by atoms with E-state index >= 15 is 0 Å². The average Bonchev–Trinajstić information content (AvgIpc) is 3.34. The summed E-state index contributed by atoms with van der Waals surface area (Å²) in [6, 6.07) is 13.0. The molecule has 0 radical (unpaired) electrons. The van der Waals surface area contributed by atoms with Crippen molar-refractivity contribution >= 4 is 23.0 Å². The van der Waals surface area contributed by atoms with E-state index in [1.807, 2.05) is 30.3 Å². The number of hydrogen-bond acceptors (Lipinski definition) is 4. The lowest BCUT2D eigenvalue weighted by molar-refractivity contribution is -0.131. The normalized spacial score (nSPS) is 21.7. The molecule has 1 N–H and O–H groups in total. The van der Waals surface area contributed by atoms with E-state index in [-0.39, 0.29) is 12.5 Å². The molecule has 3 amide bonds. The van der Waals surface area contributed by atoms with Gasteiger partial charge in [0.2, 0.25) is 5.89 Å². The van der Waals surface area contributed by atoms with Gasteiger partial charge in [0.15, 0.2) is 5.58 Å². The summed E-state index contributed by atoms with van der Waals surface area (Å²) >= 11 is 0. The fourth-order valence-electron chi connectivity index (χ4n) is 4.04. The maximum Gasteiger partial charge on any atom is 0.325 e. The molecule has 0 spiro atoms. The summed E-state index contributed by atoms with van der Waals surface area (Å²) in [5.74, 6) is 0.0607. The van der Waals surface area contributed by atoms with Gasteiger partial charge in [-0.1, -0.05) is 30.3 Å². The molecule has 1 aliphatic heterocycles. The summed E-state index contributed by atoms with van der Waals surface area (Å²) in [5.41, 5.74) is 3.71. The molecule has 2 heterocycles. The number of para-hydroxylation sites is 2. The van der Waals surface area contributed by atoms with Crippen molar-refractivity contribution in [2.45, 2.75) is 38.3 Å². The average molecular weight is 361 g/mol. The van der Waals surface area contributed by atoms with E-state index in [0.29, 0.717) is 17.0 Å². The van der Waals surface area contributed by atoms with Gasteiger partial charge in [-0.3, -0.25) is 9.69 Å². The number of benzene rings is 2. The number of urea groups is 1. The number of carbonyl (C=O) groups is 2. The van der Waals surface area contributed by atoms with Gasteiger partial charge in [-0.05, 0) is 55.0 Å². The summed E-state index contributed by atoms with van der Waals surface area (Å²) in [6.45, 7) is 1.77. The third kappa shape index (κ3) is 2.44. The number of carbonyl (C=O) groups excluding carboxylic acids is 2. The number of aromatic nitrogens is 1. The van der Waals surface area contributed by atoms with Gasteiger partial charge in [0.05, 0.1) is 0 Å². The van der Waals surface area contributed by atoms with Crippen molar-refractivity contribution in [1.29, 1.82) is 0 Å². The van der Waals surface area contributed by atoms with E-state index in [1.54, 1.807) is 6.92 Å². The first-order chi connectivity index (χ1) is 13.0. The van der Waals surface area contributed by atoms with Crippen LogP contribution in [0.1, 0.15) is 35.9 Å². The Morgan fingerprint density at radius 1 is 1.15 bits per heavy atom. The maximum absolute atomic E-state index is 13.1. The fraction of sp³-hybridized carbons (Fsp3) is 0.286. The van der Waals surface area contributed by atoms with Gasteiger partial charge >= 0.3 is 6.03 Å². The number of rotatable bonds is 3. The number of nitrogens with zero attached hydrogens (tertiary/aromatic N) is 2. The minimum absolute atomic E-state index is 0.0138. The van der Waals surface area contributed by atoms with Crippen molar-refractivity contribution in [3.05, 3.63) is 65.0 Å². The monoisotopic (exact) mass is 361 g/mol. The highest BCUT2D eigenvalue weighted by atomic mass is 16.3. The molecule has 3 aromatic rings. The summed E-state index contributed by atoms with van der Waals surface area (Å²) in [7, 11) is 0. The predicted octanol–water partition coefficient (Wildman–Crippen LogP) is 3.28. The molecule has 0 saturated carbocycles. The van der Waals surface area contributed by atoms with E-state index in [0.717, 1.165) is 24.8 Å². The van der Waals surface area contributed by atoms with Gasteiger partial charge < -0.3 is 9.73 Å². The Balaban J connectivity index is 1.45. The molecule has 6 heteroatoms. The van der Waals surface area contributed by atoms with Crippen LogP contribution in [-0.4, -0.2) is 21.8 Å².